The van der Waals surface area contributed by atoms with E-state index in [1.807, 2.05) is 11.8 Å². The first kappa shape index (κ1) is 15.2. The van der Waals surface area contributed by atoms with Crippen LogP contribution in [0.3, 0.4) is 0 Å². The zero-order valence-corrected chi connectivity index (χ0v) is 13.6. The molecule has 0 saturated carbocycles. The normalized spacial score (nSPS) is 28.9. The lowest BCUT2D eigenvalue weighted by molar-refractivity contribution is -0.0958. The minimum Gasteiger partial charge on any atom is -0.490 e. The quantitative estimate of drug-likeness (QED) is 0.905. The van der Waals surface area contributed by atoms with Gasteiger partial charge in [0.1, 0.15) is 11.9 Å². The Morgan fingerprint density at radius 2 is 2.24 bits per heavy atom. The first-order valence-electron chi connectivity index (χ1n) is 7.98. The van der Waals surface area contributed by atoms with Gasteiger partial charge in [-0.3, -0.25) is 0 Å². The van der Waals surface area contributed by atoms with Crippen molar-refractivity contribution in [2.75, 3.05) is 24.7 Å². The van der Waals surface area contributed by atoms with Gasteiger partial charge in [-0.15, -0.1) is 0 Å². The van der Waals surface area contributed by atoms with Crippen molar-refractivity contribution < 1.29 is 9.47 Å². The minimum absolute atomic E-state index is 0.0958. The molecule has 3 rings (SSSR count). The van der Waals surface area contributed by atoms with Gasteiger partial charge in [-0.1, -0.05) is 19.1 Å². The fraction of sp³-hybridized carbons (Fsp3) is 0.647. The molecule has 0 radical (unpaired) electrons. The highest BCUT2D eigenvalue weighted by Crippen LogP contribution is 2.39. The summed E-state index contributed by atoms with van der Waals surface area (Å²) in [6, 6.07) is 8.49. The number of benzene rings is 1. The monoisotopic (exact) mass is 307 g/mol. The predicted molar refractivity (Wildman–Crippen MR) is 88.1 cm³/mol. The van der Waals surface area contributed by atoms with Gasteiger partial charge in [0.05, 0.1) is 12.2 Å². The van der Waals surface area contributed by atoms with Crippen LogP contribution in [0.15, 0.2) is 24.3 Å². The van der Waals surface area contributed by atoms with Crippen LogP contribution < -0.4 is 10.1 Å². The predicted octanol–water partition coefficient (Wildman–Crippen LogP) is 3.23. The summed E-state index contributed by atoms with van der Waals surface area (Å²) < 4.78 is 12.2. The van der Waals surface area contributed by atoms with Gasteiger partial charge in [0.25, 0.3) is 0 Å². The molecule has 0 amide bonds. The topological polar surface area (TPSA) is 30.5 Å². The Hall–Kier alpha value is -0.710. The molecule has 2 aliphatic rings. The van der Waals surface area contributed by atoms with E-state index >= 15 is 0 Å². The Morgan fingerprint density at radius 1 is 1.38 bits per heavy atom. The first-order chi connectivity index (χ1) is 10.3. The summed E-state index contributed by atoms with van der Waals surface area (Å²) in [4.78, 5) is 0. The molecular formula is C17H25NO2S. The Balaban J connectivity index is 1.55. The molecule has 0 aliphatic carbocycles. The van der Waals surface area contributed by atoms with E-state index in [0.717, 1.165) is 44.0 Å². The van der Waals surface area contributed by atoms with Crippen molar-refractivity contribution in [3.8, 4) is 5.75 Å². The molecule has 0 bridgehead atoms. The van der Waals surface area contributed by atoms with Crippen molar-refractivity contribution in [3.05, 3.63) is 29.8 Å². The van der Waals surface area contributed by atoms with Crippen LogP contribution in [0.5, 0.6) is 5.75 Å². The second kappa shape index (κ2) is 7.03. The van der Waals surface area contributed by atoms with E-state index in [0.29, 0.717) is 6.10 Å². The average molecular weight is 307 g/mol. The van der Waals surface area contributed by atoms with Crippen molar-refractivity contribution in [3.63, 3.8) is 0 Å². The molecular weight excluding hydrogens is 282 g/mol. The molecule has 1 aromatic rings. The van der Waals surface area contributed by atoms with Crippen LogP contribution in [-0.2, 0) is 11.3 Å². The molecule has 1 N–H and O–H groups in total. The van der Waals surface area contributed by atoms with Gasteiger partial charge in [0.15, 0.2) is 0 Å². The molecule has 2 unspecified atom stereocenters. The molecule has 1 aromatic carbocycles. The summed E-state index contributed by atoms with van der Waals surface area (Å²) in [6.07, 6.45) is 3.53. The van der Waals surface area contributed by atoms with E-state index < -0.39 is 0 Å². The zero-order valence-electron chi connectivity index (χ0n) is 12.8. The fourth-order valence-corrected chi connectivity index (χ4v) is 4.47. The van der Waals surface area contributed by atoms with Crippen LogP contribution in [-0.4, -0.2) is 36.4 Å². The van der Waals surface area contributed by atoms with E-state index in [1.54, 1.807) is 0 Å². The third-order valence-electron chi connectivity index (χ3n) is 4.32. The third-order valence-corrected chi connectivity index (χ3v) is 5.54. The highest BCUT2D eigenvalue weighted by molar-refractivity contribution is 7.99. The number of rotatable bonds is 5. The minimum atomic E-state index is 0.0958. The zero-order chi connectivity index (χ0) is 14.5. The maximum absolute atomic E-state index is 6.19. The smallest absolute Gasteiger partial charge is 0.119 e. The maximum atomic E-state index is 6.19. The first-order valence-corrected chi connectivity index (χ1v) is 9.13. The van der Waals surface area contributed by atoms with Crippen molar-refractivity contribution in [2.45, 2.75) is 44.4 Å². The van der Waals surface area contributed by atoms with Gasteiger partial charge in [-0.2, -0.15) is 11.8 Å². The molecule has 3 nitrogen and oxygen atoms in total. The molecule has 21 heavy (non-hydrogen) atoms. The molecule has 4 heteroatoms. The molecule has 0 aromatic heterocycles. The van der Waals surface area contributed by atoms with E-state index in [9.17, 15) is 0 Å². The van der Waals surface area contributed by atoms with Gasteiger partial charge >= 0.3 is 0 Å². The second-order valence-electron chi connectivity index (χ2n) is 5.99. The summed E-state index contributed by atoms with van der Waals surface area (Å²) in [5, 5.41) is 3.34. The molecule has 2 aliphatic heterocycles. The fourth-order valence-electron chi connectivity index (χ4n) is 3.09. The standard InChI is InChI=1S/C17H25NO2S/c1-2-18-12-14-3-5-15(6-4-14)20-16-7-9-19-17(11-16)8-10-21-13-17/h3-6,16,18H,2,7-13H2,1H3. The summed E-state index contributed by atoms with van der Waals surface area (Å²) in [7, 11) is 0. The number of hydrogen-bond acceptors (Lipinski definition) is 4. The number of hydrogen-bond donors (Lipinski definition) is 1. The van der Waals surface area contributed by atoms with E-state index in [1.165, 1.54) is 17.7 Å². The van der Waals surface area contributed by atoms with Crippen LogP contribution in [0.2, 0.25) is 0 Å². The SMILES string of the molecule is CCNCc1ccc(OC2CCOC3(CCSC3)C2)cc1. The van der Waals surface area contributed by atoms with Gasteiger partial charge in [-0.05, 0) is 36.4 Å². The van der Waals surface area contributed by atoms with Crippen LogP contribution in [0, 0.1) is 0 Å². The molecule has 2 fully saturated rings. The molecule has 2 atom stereocenters. The summed E-state index contributed by atoms with van der Waals surface area (Å²) >= 11 is 2.01. The molecule has 2 heterocycles. The van der Waals surface area contributed by atoms with E-state index in [-0.39, 0.29) is 5.60 Å². The van der Waals surface area contributed by atoms with Crippen LogP contribution in [0.25, 0.3) is 0 Å². The van der Waals surface area contributed by atoms with Crippen molar-refractivity contribution in [2.24, 2.45) is 0 Å². The summed E-state index contributed by atoms with van der Waals surface area (Å²) in [5.74, 6) is 3.35. The van der Waals surface area contributed by atoms with E-state index in [2.05, 4.69) is 36.5 Å². The van der Waals surface area contributed by atoms with Crippen molar-refractivity contribution in [1.29, 1.82) is 0 Å². The third kappa shape index (κ3) is 3.93. The molecule has 116 valence electrons. The number of thioether (sulfide) groups is 1. The van der Waals surface area contributed by atoms with Gasteiger partial charge in [0.2, 0.25) is 0 Å². The Bertz CT molecular complexity index is 443. The average Bonchev–Trinajstić information content (AvgIpc) is 2.94. The van der Waals surface area contributed by atoms with Gasteiger partial charge in [-0.25, -0.2) is 0 Å². The number of ether oxygens (including phenoxy) is 2. The Labute approximate surface area is 131 Å². The highest BCUT2D eigenvalue weighted by Gasteiger charge is 2.41. The van der Waals surface area contributed by atoms with Crippen LogP contribution >= 0.6 is 11.8 Å². The number of nitrogens with one attached hydrogen (secondary N) is 1. The lowest BCUT2D eigenvalue weighted by atomic mass is 9.91. The highest BCUT2D eigenvalue weighted by atomic mass is 32.2. The maximum Gasteiger partial charge on any atom is 0.119 e. The lowest BCUT2D eigenvalue weighted by Crippen LogP contribution is -2.43. The van der Waals surface area contributed by atoms with Crippen LogP contribution in [0.4, 0.5) is 0 Å². The Morgan fingerprint density at radius 3 is 2.95 bits per heavy atom. The van der Waals surface area contributed by atoms with Crippen molar-refractivity contribution >= 4 is 11.8 Å². The largest absolute Gasteiger partial charge is 0.490 e. The lowest BCUT2D eigenvalue weighted by Gasteiger charge is -2.37. The Kier molecular flexibility index (Phi) is 5.09. The van der Waals surface area contributed by atoms with Gasteiger partial charge < -0.3 is 14.8 Å². The van der Waals surface area contributed by atoms with Gasteiger partial charge in [0, 0.05) is 25.1 Å². The van der Waals surface area contributed by atoms with Crippen LogP contribution in [0.1, 0.15) is 31.7 Å². The molecule has 1 spiro atoms. The molecule has 2 saturated heterocycles. The second-order valence-corrected chi connectivity index (χ2v) is 7.10. The van der Waals surface area contributed by atoms with Crippen molar-refractivity contribution in [1.82, 2.24) is 5.32 Å². The summed E-state index contributed by atoms with van der Waals surface area (Å²) in [5.41, 5.74) is 1.40. The van der Waals surface area contributed by atoms with E-state index in [4.69, 9.17) is 9.47 Å². The summed E-state index contributed by atoms with van der Waals surface area (Å²) in [6.45, 7) is 4.89.